The van der Waals surface area contributed by atoms with Crippen LogP contribution >= 0.6 is 0 Å². The zero-order valence-corrected chi connectivity index (χ0v) is 8.23. The summed E-state index contributed by atoms with van der Waals surface area (Å²) >= 11 is 0. The molecular formula is C11H12N2O. The summed E-state index contributed by atoms with van der Waals surface area (Å²) in [6.07, 6.45) is 1.67. The molecule has 0 aliphatic rings. The molecule has 0 bridgehead atoms. The van der Waals surface area contributed by atoms with Crippen molar-refractivity contribution >= 4 is 11.0 Å². The van der Waals surface area contributed by atoms with Crippen LogP contribution in [0.2, 0.25) is 0 Å². The first-order valence-corrected chi connectivity index (χ1v) is 4.63. The van der Waals surface area contributed by atoms with Gasteiger partial charge < -0.3 is 5.11 Å². The Kier molecular flexibility index (Phi) is 2.08. The zero-order valence-electron chi connectivity index (χ0n) is 8.23. The molecule has 0 spiro atoms. The van der Waals surface area contributed by atoms with Gasteiger partial charge in [-0.15, -0.1) is 0 Å². The van der Waals surface area contributed by atoms with E-state index in [1.165, 1.54) is 0 Å². The van der Waals surface area contributed by atoms with Crippen LogP contribution < -0.4 is 0 Å². The van der Waals surface area contributed by atoms with Crippen molar-refractivity contribution in [2.24, 2.45) is 0 Å². The maximum absolute atomic E-state index is 9.63. The predicted octanol–water partition coefficient (Wildman–Crippen LogP) is 2.46. The third kappa shape index (κ3) is 1.41. The Hall–Kier alpha value is -1.64. The number of aromatic hydroxyl groups is 1. The van der Waals surface area contributed by atoms with Gasteiger partial charge >= 0.3 is 0 Å². The second-order valence-electron chi connectivity index (χ2n) is 3.61. The van der Waals surface area contributed by atoms with Crippen LogP contribution in [0.25, 0.3) is 11.0 Å². The van der Waals surface area contributed by atoms with Crippen LogP contribution in [0, 0.1) is 0 Å². The molecule has 1 N–H and O–H groups in total. The third-order valence-electron chi connectivity index (χ3n) is 2.22. The highest BCUT2D eigenvalue weighted by Gasteiger charge is 2.08. The molecule has 3 heteroatoms. The Morgan fingerprint density at radius 2 is 2.14 bits per heavy atom. The van der Waals surface area contributed by atoms with Crippen molar-refractivity contribution < 1.29 is 5.11 Å². The Labute approximate surface area is 82.4 Å². The van der Waals surface area contributed by atoms with Gasteiger partial charge in [0, 0.05) is 17.1 Å². The first-order valence-electron chi connectivity index (χ1n) is 4.63. The summed E-state index contributed by atoms with van der Waals surface area (Å²) in [5.74, 6) is 0.360. The molecule has 0 aromatic carbocycles. The molecule has 0 saturated heterocycles. The Bertz CT molecular complexity index is 466. The monoisotopic (exact) mass is 188 g/mol. The van der Waals surface area contributed by atoms with Gasteiger partial charge in [-0.3, -0.25) is 0 Å². The smallest absolute Gasteiger partial charge is 0.216 e. The van der Waals surface area contributed by atoms with Gasteiger partial charge in [-0.2, -0.15) is 4.98 Å². The van der Waals surface area contributed by atoms with Crippen molar-refractivity contribution in [3.63, 3.8) is 0 Å². The average molecular weight is 188 g/mol. The zero-order chi connectivity index (χ0) is 10.1. The molecule has 2 aromatic rings. The van der Waals surface area contributed by atoms with Crippen molar-refractivity contribution in [2.45, 2.75) is 19.8 Å². The van der Waals surface area contributed by atoms with E-state index in [4.69, 9.17) is 0 Å². The number of aromatic nitrogens is 2. The van der Waals surface area contributed by atoms with Crippen molar-refractivity contribution in [2.75, 3.05) is 0 Å². The molecule has 0 fully saturated rings. The minimum atomic E-state index is 0.0891. The lowest BCUT2D eigenvalue weighted by atomic mass is 10.0. The molecule has 0 atom stereocenters. The molecule has 2 heterocycles. The molecule has 3 nitrogen and oxygen atoms in total. The Morgan fingerprint density at radius 1 is 1.36 bits per heavy atom. The molecule has 14 heavy (non-hydrogen) atoms. The maximum Gasteiger partial charge on any atom is 0.216 e. The molecule has 0 aliphatic heterocycles. The SMILES string of the molecule is CC(C)c1cc2cccnc2nc1O. The summed E-state index contributed by atoms with van der Waals surface area (Å²) in [6, 6.07) is 5.75. The van der Waals surface area contributed by atoms with Crippen LogP contribution in [0.5, 0.6) is 5.88 Å². The molecular weight excluding hydrogens is 176 g/mol. The second-order valence-corrected chi connectivity index (χ2v) is 3.61. The van der Waals surface area contributed by atoms with Crippen LogP contribution in [0.15, 0.2) is 24.4 Å². The molecule has 2 aromatic heterocycles. The van der Waals surface area contributed by atoms with E-state index in [-0.39, 0.29) is 11.8 Å². The summed E-state index contributed by atoms with van der Waals surface area (Å²) < 4.78 is 0. The standard InChI is InChI=1S/C11H12N2O/c1-7(2)9-6-8-4-3-5-12-10(8)13-11(9)14/h3-7H,1-2H3,(H,12,13,14). The quantitative estimate of drug-likeness (QED) is 0.747. The minimum absolute atomic E-state index is 0.0891. The minimum Gasteiger partial charge on any atom is -0.493 e. The molecule has 72 valence electrons. The molecule has 0 unspecified atom stereocenters. The normalized spacial score (nSPS) is 11.1. The van der Waals surface area contributed by atoms with Gasteiger partial charge in [-0.05, 0) is 24.1 Å². The van der Waals surface area contributed by atoms with E-state index in [1.807, 2.05) is 32.0 Å². The van der Waals surface area contributed by atoms with Crippen LogP contribution in [-0.2, 0) is 0 Å². The summed E-state index contributed by atoms with van der Waals surface area (Å²) in [5.41, 5.74) is 1.46. The van der Waals surface area contributed by atoms with Gasteiger partial charge in [0.1, 0.15) is 0 Å². The predicted molar refractivity (Wildman–Crippen MR) is 55.3 cm³/mol. The van der Waals surface area contributed by atoms with Gasteiger partial charge in [-0.25, -0.2) is 4.98 Å². The lowest BCUT2D eigenvalue weighted by molar-refractivity contribution is 0.445. The first-order chi connectivity index (χ1) is 6.68. The van der Waals surface area contributed by atoms with E-state index in [0.717, 1.165) is 10.9 Å². The van der Waals surface area contributed by atoms with E-state index in [1.54, 1.807) is 6.20 Å². The number of fused-ring (bicyclic) bond motifs is 1. The van der Waals surface area contributed by atoms with Crippen molar-refractivity contribution in [3.8, 4) is 5.88 Å². The van der Waals surface area contributed by atoms with E-state index < -0.39 is 0 Å². The van der Waals surface area contributed by atoms with Gasteiger partial charge in [0.25, 0.3) is 0 Å². The van der Waals surface area contributed by atoms with E-state index >= 15 is 0 Å². The largest absolute Gasteiger partial charge is 0.493 e. The van der Waals surface area contributed by atoms with Gasteiger partial charge in [0.2, 0.25) is 5.88 Å². The summed E-state index contributed by atoms with van der Waals surface area (Å²) in [4.78, 5) is 8.11. The van der Waals surface area contributed by atoms with Crippen LogP contribution in [-0.4, -0.2) is 15.1 Å². The highest BCUT2D eigenvalue weighted by molar-refractivity contribution is 5.76. The molecule has 2 rings (SSSR count). The number of nitrogens with zero attached hydrogens (tertiary/aromatic N) is 2. The summed E-state index contributed by atoms with van der Waals surface area (Å²) in [7, 11) is 0. The summed E-state index contributed by atoms with van der Waals surface area (Å²) in [5, 5.41) is 10.6. The maximum atomic E-state index is 9.63. The number of hydrogen-bond donors (Lipinski definition) is 1. The summed E-state index contributed by atoms with van der Waals surface area (Å²) in [6.45, 7) is 4.05. The van der Waals surface area contributed by atoms with Crippen LogP contribution in [0.1, 0.15) is 25.3 Å². The van der Waals surface area contributed by atoms with Crippen LogP contribution in [0.3, 0.4) is 0 Å². The van der Waals surface area contributed by atoms with E-state index in [2.05, 4.69) is 9.97 Å². The third-order valence-corrected chi connectivity index (χ3v) is 2.22. The van der Waals surface area contributed by atoms with Gasteiger partial charge in [-0.1, -0.05) is 13.8 Å². The fourth-order valence-electron chi connectivity index (χ4n) is 1.44. The Morgan fingerprint density at radius 3 is 2.86 bits per heavy atom. The fraction of sp³-hybridized carbons (Fsp3) is 0.273. The average Bonchev–Trinajstić information content (AvgIpc) is 2.16. The molecule has 0 aliphatic carbocycles. The number of pyridine rings is 2. The van der Waals surface area contributed by atoms with Gasteiger partial charge in [0.15, 0.2) is 5.65 Å². The van der Waals surface area contributed by atoms with E-state index in [0.29, 0.717) is 5.65 Å². The topological polar surface area (TPSA) is 46.0 Å². The highest BCUT2D eigenvalue weighted by atomic mass is 16.3. The number of hydrogen-bond acceptors (Lipinski definition) is 3. The molecule has 0 amide bonds. The van der Waals surface area contributed by atoms with Crippen molar-refractivity contribution in [1.29, 1.82) is 0 Å². The van der Waals surface area contributed by atoms with Crippen molar-refractivity contribution in [1.82, 2.24) is 9.97 Å². The highest BCUT2D eigenvalue weighted by Crippen LogP contribution is 2.26. The fourth-order valence-corrected chi connectivity index (χ4v) is 1.44. The first kappa shape index (κ1) is 8.94. The van der Waals surface area contributed by atoms with Crippen molar-refractivity contribution in [3.05, 3.63) is 30.0 Å². The van der Waals surface area contributed by atoms with Crippen LogP contribution in [0.4, 0.5) is 0 Å². The number of rotatable bonds is 1. The van der Waals surface area contributed by atoms with E-state index in [9.17, 15) is 5.11 Å². The lowest BCUT2D eigenvalue weighted by Crippen LogP contribution is -1.92. The second kappa shape index (κ2) is 3.25. The molecule has 0 radical (unpaired) electrons. The molecule has 0 saturated carbocycles. The van der Waals surface area contributed by atoms with Gasteiger partial charge in [0.05, 0.1) is 0 Å². The lowest BCUT2D eigenvalue weighted by Gasteiger charge is -2.07. The Balaban J connectivity index is 2.71.